The molecule has 0 atom stereocenters. The van der Waals surface area contributed by atoms with Crippen LogP contribution in [0.2, 0.25) is 0 Å². The zero-order chi connectivity index (χ0) is 24.2. The lowest BCUT2D eigenvalue weighted by Gasteiger charge is -2.10. The number of nitrogens with two attached hydrogens (primary N) is 2. The predicted octanol–water partition coefficient (Wildman–Crippen LogP) is 5.50. The molecule has 0 heterocycles. The normalized spacial score (nSPS) is 10.5. The second-order valence-corrected chi connectivity index (χ2v) is 7.36. The van der Waals surface area contributed by atoms with E-state index in [1.54, 1.807) is 36.4 Å². The van der Waals surface area contributed by atoms with E-state index >= 15 is 0 Å². The van der Waals surface area contributed by atoms with Crippen LogP contribution >= 0.6 is 0 Å². The van der Waals surface area contributed by atoms with Crippen molar-refractivity contribution in [2.24, 2.45) is 0 Å². The van der Waals surface area contributed by atoms with E-state index in [2.05, 4.69) is 0 Å². The molecule has 0 amide bonds. The quantitative estimate of drug-likeness (QED) is 0.267. The summed E-state index contributed by atoms with van der Waals surface area (Å²) < 4.78 is 11.5. The first-order valence-corrected chi connectivity index (χ1v) is 10.1. The lowest BCUT2D eigenvalue weighted by Crippen LogP contribution is -2.02. The summed E-state index contributed by atoms with van der Waals surface area (Å²) in [5.41, 5.74) is 13.7. The molecule has 0 bridgehead atoms. The van der Waals surface area contributed by atoms with E-state index in [0.717, 1.165) is 11.1 Å². The van der Waals surface area contributed by atoms with Crippen molar-refractivity contribution in [1.82, 2.24) is 0 Å². The van der Waals surface area contributed by atoms with Crippen molar-refractivity contribution in [1.29, 1.82) is 0 Å². The highest BCUT2D eigenvalue weighted by Crippen LogP contribution is 2.30. The molecule has 8 nitrogen and oxygen atoms in total. The molecule has 0 spiro atoms. The van der Waals surface area contributed by atoms with Gasteiger partial charge in [-0.2, -0.15) is 0 Å². The minimum atomic E-state index is -1.09. The van der Waals surface area contributed by atoms with Gasteiger partial charge in [-0.15, -0.1) is 0 Å². The van der Waals surface area contributed by atoms with Crippen LogP contribution in [0.25, 0.3) is 11.1 Å². The molecule has 8 heteroatoms. The van der Waals surface area contributed by atoms with Crippen molar-refractivity contribution in [3.05, 3.63) is 96.1 Å². The Morgan fingerprint density at radius 3 is 1.15 bits per heavy atom. The maximum Gasteiger partial charge on any atom is 0.337 e. The lowest BCUT2D eigenvalue weighted by molar-refractivity contribution is 0.0687. The molecule has 0 fully saturated rings. The Bertz CT molecular complexity index is 1260. The molecule has 6 N–H and O–H groups in total. The Labute approximate surface area is 194 Å². The number of anilines is 2. The molecule has 0 aromatic heterocycles. The zero-order valence-corrected chi connectivity index (χ0v) is 17.8. The number of carboxylic acids is 2. The van der Waals surface area contributed by atoms with Gasteiger partial charge in [-0.3, -0.25) is 0 Å². The second-order valence-electron chi connectivity index (χ2n) is 7.36. The average Bonchev–Trinajstić information content (AvgIpc) is 2.80. The molecule has 0 saturated carbocycles. The van der Waals surface area contributed by atoms with Gasteiger partial charge in [0, 0.05) is 23.5 Å². The molecule has 170 valence electrons. The second kappa shape index (κ2) is 9.25. The third-order valence-electron chi connectivity index (χ3n) is 5.02. The van der Waals surface area contributed by atoms with Gasteiger partial charge in [0.15, 0.2) is 0 Å². The van der Waals surface area contributed by atoms with Crippen LogP contribution in [0.3, 0.4) is 0 Å². The summed E-state index contributed by atoms with van der Waals surface area (Å²) in [4.78, 5) is 22.1. The minimum Gasteiger partial charge on any atom is -0.478 e. The van der Waals surface area contributed by atoms with E-state index in [-0.39, 0.29) is 22.5 Å². The number of benzene rings is 4. The first-order valence-electron chi connectivity index (χ1n) is 10.1. The van der Waals surface area contributed by atoms with Crippen LogP contribution in [0, 0.1) is 0 Å². The van der Waals surface area contributed by atoms with Crippen LogP contribution in [0.4, 0.5) is 11.4 Å². The van der Waals surface area contributed by atoms with Gasteiger partial charge in [0.25, 0.3) is 0 Å². The third-order valence-corrected chi connectivity index (χ3v) is 5.02. The number of aromatic carboxylic acids is 2. The first kappa shape index (κ1) is 22.2. The fourth-order valence-electron chi connectivity index (χ4n) is 3.30. The van der Waals surface area contributed by atoms with Crippen molar-refractivity contribution in [3.63, 3.8) is 0 Å². The van der Waals surface area contributed by atoms with E-state index in [4.69, 9.17) is 31.2 Å². The Balaban J connectivity index is 1.43. The standard InChI is InChI=1S/C26H20N2O6/c27-23-13-19(9-11-21(23)25(29)30)33-17-5-1-15(2-6-17)16-3-7-18(8-4-16)34-20-10-12-22(26(31)32)24(28)14-20/h1-14H,27-28H2,(H,29,30)(H,31,32). The van der Waals surface area contributed by atoms with E-state index in [1.165, 1.54) is 24.3 Å². The monoisotopic (exact) mass is 456 g/mol. The SMILES string of the molecule is Nc1cc(Oc2ccc(-c3ccc(Oc4ccc(C(=O)O)c(N)c4)cc3)cc2)ccc1C(=O)O. The van der Waals surface area contributed by atoms with Gasteiger partial charge >= 0.3 is 11.9 Å². The summed E-state index contributed by atoms with van der Waals surface area (Å²) in [7, 11) is 0. The molecule has 0 saturated heterocycles. The predicted molar refractivity (Wildman–Crippen MR) is 128 cm³/mol. The lowest BCUT2D eigenvalue weighted by atomic mass is 10.1. The highest BCUT2D eigenvalue weighted by atomic mass is 16.5. The number of carbonyl (C=O) groups is 2. The third kappa shape index (κ3) is 4.91. The smallest absolute Gasteiger partial charge is 0.337 e. The maximum absolute atomic E-state index is 11.1. The summed E-state index contributed by atoms with van der Waals surface area (Å²) in [6, 6.07) is 23.6. The number of ether oxygens (including phenoxy) is 2. The molecule has 4 aromatic rings. The largest absolute Gasteiger partial charge is 0.478 e. The number of hydrogen-bond donors (Lipinski definition) is 4. The summed E-state index contributed by atoms with van der Waals surface area (Å²) in [5.74, 6) is -0.153. The van der Waals surface area contributed by atoms with Gasteiger partial charge in [-0.05, 0) is 59.7 Å². The molecule has 34 heavy (non-hydrogen) atoms. The molecule has 4 aromatic carbocycles. The van der Waals surface area contributed by atoms with Crippen LogP contribution in [-0.2, 0) is 0 Å². The molecule has 4 rings (SSSR count). The van der Waals surface area contributed by atoms with Crippen LogP contribution in [0.1, 0.15) is 20.7 Å². The molecular weight excluding hydrogens is 436 g/mol. The van der Waals surface area contributed by atoms with Crippen LogP contribution < -0.4 is 20.9 Å². The Morgan fingerprint density at radius 2 is 0.853 bits per heavy atom. The van der Waals surface area contributed by atoms with Crippen molar-refractivity contribution in [2.45, 2.75) is 0 Å². The van der Waals surface area contributed by atoms with E-state index in [0.29, 0.717) is 23.0 Å². The fourth-order valence-corrected chi connectivity index (χ4v) is 3.30. The van der Waals surface area contributed by atoms with Gasteiger partial charge in [0.1, 0.15) is 23.0 Å². The van der Waals surface area contributed by atoms with Crippen LogP contribution in [0.5, 0.6) is 23.0 Å². The molecular formula is C26H20N2O6. The van der Waals surface area contributed by atoms with Crippen molar-refractivity contribution >= 4 is 23.3 Å². The van der Waals surface area contributed by atoms with Crippen molar-refractivity contribution in [2.75, 3.05) is 11.5 Å². The van der Waals surface area contributed by atoms with E-state index in [9.17, 15) is 9.59 Å². The first-order chi connectivity index (χ1) is 16.3. The van der Waals surface area contributed by atoms with Gasteiger partial charge in [-0.1, -0.05) is 24.3 Å². The summed E-state index contributed by atoms with van der Waals surface area (Å²) >= 11 is 0. The molecule has 0 aliphatic heterocycles. The summed E-state index contributed by atoms with van der Waals surface area (Å²) in [6.45, 7) is 0. The Morgan fingerprint density at radius 1 is 0.529 bits per heavy atom. The zero-order valence-electron chi connectivity index (χ0n) is 17.8. The van der Waals surface area contributed by atoms with Crippen molar-refractivity contribution < 1.29 is 29.3 Å². The maximum atomic E-state index is 11.1. The Hall–Kier alpha value is -4.98. The summed E-state index contributed by atoms with van der Waals surface area (Å²) in [5, 5.41) is 18.1. The van der Waals surface area contributed by atoms with Crippen LogP contribution in [-0.4, -0.2) is 22.2 Å². The number of hydrogen-bond acceptors (Lipinski definition) is 6. The minimum absolute atomic E-state index is 0.0240. The number of rotatable bonds is 7. The van der Waals surface area contributed by atoms with Gasteiger partial charge in [-0.25, -0.2) is 9.59 Å². The number of nitrogen functional groups attached to an aromatic ring is 2. The van der Waals surface area contributed by atoms with Crippen molar-refractivity contribution in [3.8, 4) is 34.1 Å². The van der Waals surface area contributed by atoms with Gasteiger partial charge < -0.3 is 31.2 Å². The molecule has 0 aliphatic carbocycles. The Kier molecular flexibility index (Phi) is 6.05. The topological polar surface area (TPSA) is 145 Å². The average molecular weight is 456 g/mol. The van der Waals surface area contributed by atoms with Crippen LogP contribution in [0.15, 0.2) is 84.9 Å². The van der Waals surface area contributed by atoms with E-state index in [1.807, 2.05) is 24.3 Å². The molecule has 0 aliphatic rings. The van der Waals surface area contributed by atoms with Gasteiger partial charge in [0.05, 0.1) is 11.1 Å². The van der Waals surface area contributed by atoms with E-state index < -0.39 is 11.9 Å². The van der Waals surface area contributed by atoms with Gasteiger partial charge in [0.2, 0.25) is 0 Å². The molecule has 0 unspecified atom stereocenters. The summed E-state index contributed by atoms with van der Waals surface area (Å²) in [6.07, 6.45) is 0. The highest BCUT2D eigenvalue weighted by Gasteiger charge is 2.10. The highest BCUT2D eigenvalue weighted by molar-refractivity contribution is 5.94. The fraction of sp³-hybridized carbons (Fsp3) is 0. The molecule has 0 radical (unpaired) electrons. The number of carboxylic acid groups (broad SMARTS) is 2.